The molecule has 1 nitrogen and oxygen atoms in total. The largest absolute Gasteiger partial charge is 0.300 e. The molecule has 0 radical (unpaired) electrons. The van der Waals surface area contributed by atoms with E-state index in [-0.39, 0.29) is 5.41 Å². The number of allylic oxidation sites excluding steroid dienone is 1. The fraction of sp³-hybridized carbons (Fsp3) is 0.897. The molecule has 8 unspecified atom stereocenters. The van der Waals surface area contributed by atoms with Gasteiger partial charge in [-0.1, -0.05) is 60.0 Å². The third-order valence-electron chi connectivity index (χ3n) is 11.3. The zero-order valence-electron chi connectivity index (χ0n) is 20.6. The lowest BCUT2D eigenvalue weighted by atomic mass is 9.40. The monoisotopic (exact) mass is 412 g/mol. The Hall–Kier alpha value is -0.590. The molecule has 0 N–H and O–H groups in total. The van der Waals surface area contributed by atoms with Crippen molar-refractivity contribution in [1.29, 1.82) is 0 Å². The zero-order chi connectivity index (χ0) is 21.7. The second-order valence-corrected chi connectivity index (χ2v) is 12.9. The molecule has 4 aliphatic rings. The number of ketones is 1. The highest BCUT2D eigenvalue weighted by Gasteiger charge is 2.64. The van der Waals surface area contributed by atoms with Gasteiger partial charge in [0.05, 0.1) is 0 Å². The van der Waals surface area contributed by atoms with E-state index in [2.05, 4.69) is 47.3 Å². The van der Waals surface area contributed by atoms with E-state index < -0.39 is 0 Å². The van der Waals surface area contributed by atoms with Crippen LogP contribution in [0.15, 0.2) is 12.7 Å². The molecule has 0 spiro atoms. The Morgan fingerprint density at radius 2 is 1.77 bits per heavy atom. The molecule has 4 saturated carbocycles. The van der Waals surface area contributed by atoms with Crippen LogP contribution in [0.1, 0.15) is 112 Å². The minimum atomic E-state index is 0.0827. The molecule has 0 aromatic rings. The third-order valence-corrected chi connectivity index (χ3v) is 11.3. The Morgan fingerprint density at radius 3 is 2.47 bits per heavy atom. The van der Waals surface area contributed by atoms with Crippen molar-refractivity contribution in [2.75, 3.05) is 0 Å². The minimum absolute atomic E-state index is 0.0827. The molecule has 0 amide bonds. The van der Waals surface area contributed by atoms with Gasteiger partial charge in [-0.25, -0.2) is 0 Å². The first-order valence-electron chi connectivity index (χ1n) is 13.3. The molecule has 170 valence electrons. The van der Waals surface area contributed by atoms with E-state index in [0.29, 0.717) is 16.6 Å². The molecule has 0 saturated heterocycles. The maximum atomic E-state index is 12.4. The fourth-order valence-corrected chi connectivity index (χ4v) is 9.56. The van der Waals surface area contributed by atoms with Gasteiger partial charge in [0.1, 0.15) is 5.78 Å². The highest BCUT2D eigenvalue weighted by molar-refractivity contribution is 5.80. The van der Waals surface area contributed by atoms with Crippen LogP contribution in [-0.2, 0) is 4.79 Å². The first-order valence-corrected chi connectivity index (χ1v) is 13.3. The molecule has 8 atom stereocenters. The van der Waals surface area contributed by atoms with Gasteiger partial charge >= 0.3 is 0 Å². The van der Waals surface area contributed by atoms with Gasteiger partial charge in [-0.3, -0.25) is 4.79 Å². The lowest BCUT2D eigenvalue weighted by Gasteiger charge is -2.64. The van der Waals surface area contributed by atoms with Gasteiger partial charge in [-0.2, -0.15) is 0 Å². The molecule has 4 rings (SSSR count). The average Bonchev–Trinajstić information content (AvgIpc) is 3.05. The van der Waals surface area contributed by atoms with E-state index in [1.54, 1.807) is 0 Å². The normalized spacial score (nSPS) is 46.8. The number of Topliss-reactive ketones (excluding diaryl/α,β-unsaturated/α-hetero) is 1. The van der Waals surface area contributed by atoms with E-state index in [0.717, 1.165) is 54.8 Å². The van der Waals surface area contributed by atoms with Crippen LogP contribution in [0, 0.1) is 51.8 Å². The van der Waals surface area contributed by atoms with E-state index >= 15 is 0 Å². The number of rotatable bonds is 6. The van der Waals surface area contributed by atoms with Crippen LogP contribution in [-0.4, -0.2) is 5.78 Å². The number of hydrogen-bond acceptors (Lipinski definition) is 1. The third kappa shape index (κ3) is 3.36. The summed E-state index contributed by atoms with van der Waals surface area (Å²) in [6.07, 6.45) is 17.5. The summed E-state index contributed by atoms with van der Waals surface area (Å²) >= 11 is 0. The van der Waals surface area contributed by atoms with Crippen LogP contribution in [0.3, 0.4) is 0 Å². The van der Waals surface area contributed by atoms with Gasteiger partial charge in [0.15, 0.2) is 0 Å². The summed E-state index contributed by atoms with van der Waals surface area (Å²) in [6.45, 7) is 16.8. The second-order valence-electron chi connectivity index (χ2n) is 12.9. The average molecular weight is 413 g/mol. The van der Waals surface area contributed by atoms with Gasteiger partial charge in [0.2, 0.25) is 0 Å². The summed E-state index contributed by atoms with van der Waals surface area (Å²) in [5.74, 6) is 5.77. The van der Waals surface area contributed by atoms with Crippen molar-refractivity contribution in [1.82, 2.24) is 0 Å². The Kier molecular flexibility index (Phi) is 6.08. The fourth-order valence-electron chi connectivity index (χ4n) is 9.56. The van der Waals surface area contributed by atoms with Crippen molar-refractivity contribution < 1.29 is 4.79 Å². The van der Waals surface area contributed by atoms with E-state index in [1.165, 1.54) is 57.8 Å². The van der Waals surface area contributed by atoms with Gasteiger partial charge in [-0.05, 0) is 91.3 Å². The van der Waals surface area contributed by atoms with Crippen molar-refractivity contribution >= 4 is 5.78 Å². The standard InChI is InChI=1S/C29H48O/c1-7-29-18-14-23-25-12-11-24(21(4)10-8-9-20(2)3)27(25,5)16-15-26(23)28(29,6)17-13-22(30)19-29/h7,20-21,23-26H,1,8-19H2,2-6H3. The lowest BCUT2D eigenvalue weighted by Crippen LogP contribution is -2.58. The van der Waals surface area contributed by atoms with Gasteiger partial charge < -0.3 is 0 Å². The number of carbonyl (C=O) groups excluding carboxylic acids is 1. The van der Waals surface area contributed by atoms with Crippen molar-refractivity contribution in [3.8, 4) is 0 Å². The molecule has 30 heavy (non-hydrogen) atoms. The number of hydrogen-bond donors (Lipinski definition) is 0. The van der Waals surface area contributed by atoms with E-state index in [9.17, 15) is 4.79 Å². The number of fused-ring (bicyclic) bond motifs is 5. The first-order chi connectivity index (χ1) is 14.2. The van der Waals surface area contributed by atoms with Crippen LogP contribution < -0.4 is 0 Å². The lowest BCUT2D eigenvalue weighted by molar-refractivity contribution is -0.156. The highest BCUT2D eigenvalue weighted by atomic mass is 16.1. The molecule has 0 bridgehead atoms. The van der Waals surface area contributed by atoms with Crippen molar-refractivity contribution in [2.45, 2.75) is 112 Å². The van der Waals surface area contributed by atoms with E-state index in [4.69, 9.17) is 0 Å². The van der Waals surface area contributed by atoms with E-state index in [1.807, 2.05) is 0 Å². The molecule has 4 fully saturated rings. The maximum Gasteiger partial charge on any atom is 0.133 e. The first kappa shape index (κ1) is 22.6. The van der Waals surface area contributed by atoms with Crippen molar-refractivity contribution in [2.24, 2.45) is 51.8 Å². The highest BCUT2D eigenvalue weighted by Crippen LogP contribution is 2.71. The van der Waals surface area contributed by atoms with Gasteiger partial charge in [0.25, 0.3) is 0 Å². The Bertz CT molecular complexity index is 663. The zero-order valence-corrected chi connectivity index (χ0v) is 20.6. The summed E-state index contributed by atoms with van der Waals surface area (Å²) in [6, 6.07) is 0. The summed E-state index contributed by atoms with van der Waals surface area (Å²) in [7, 11) is 0. The van der Waals surface area contributed by atoms with Gasteiger partial charge in [0, 0.05) is 18.3 Å². The summed E-state index contributed by atoms with van der Waals surface area (Å²) in [5, 5.41) is 0. The summed E-state index contributed by atoms with van der Waals surface area (Å²) < 4.78 is 0. The van der Waals surface area contributed by atoms with Crippen molar-refractivity contribution in [3.63, 3.8) is 0 Å². The molecular weight excluding hydrogens is 364 g/mol. The minimum Gasteiger partial charge on any atom is -0.300 e. The Labute approximate surface area is 186 Å². The summed E-state index contributed by atoms with van der Waals surface area (Å²) in [5.41, 5.74) is 0.945. The van der Waals surface area contributed by atoms with Crippen LogP contribution in [0.5, 0.6) is 0 Å². The Balaban J connectivity index is 1.52. The molecule has 0 aromatic carbocycles. The Morgan fingerprint density at radius 1 is 1.00 bits per heavy atom. The van der Waals surface area contributed by atoms with Crippen LogP contribution in [0.4, 0.5) is 0 Å². The molecular formula is C29H48O. The smallest absolute Gasteiger partial charge is 0.133 e. The molecule has 0 aliphatic heterocycles. The second kappa shape index (κ2) is 8.08. The molecule has 0 heterocycles. The predicted octanol–water partition coefficient (Wildman–Crippen LogP) is 8.23. The van der Waals surface area contributed by atoms with Gasteiger partial charge in [-0.15, -0.1) is 6.58 Å². The summed E-state index contributed by atoms with van der Waals surface area (Å²) in [4.78, 5) is 12.4. The SMILES string of the molecule is C=CC12CCC3C4CCC(C(C)CCCC(C)C)C4(C)CCC3C1(C)CCC(=O)C2. The molecule has 0 aromatic heterocycles. The van der Waals surface area contributed by atoms with Crippen LogP contribution in [0.25, 0.3) is 0 Å². The molecule has 1 heteroatoms. The van der Waals surface area contributed by atoms with Crippen LogP contribution in [0.2, 0.25) is 0 Å². The van der Waals surface area contributed by atoms with Crippen molar-refractivity contribution in [3.05, 3.63) is 12.7 Å². The number of carbonyl (C=O) groups is 1. The quantitative estimate of drug-likeness (QED) is 0.401. The molecule has 4 aliphatic carbocycles. The topological polar surface area (TPSA) is 17.1 Å². The maximum absolute atomic E-state index is 12.4. The van der Waals surface area contributed by atoms with Crippen LogP contribution >= 0.6 is 0 Å². The predicted molar refractivity (Wildman–Crippen MR) is 127 cm³/mol.